The Balaban J connectivity index is 1.37. The van der Waals surface area contributed by atoms with E-state index in [2.05, 4.69) is 31.9 Å². The third-order valence-corrected chi connectivity index (χ3v) is 5.09. The SMILES string of the molecule is COc1ccc(CN2CCCN(c3nccc(Oc4ccc(F)cc4)n3)CC2)cc1. The van der Waals surface area contributed by atoms with Crippen LogP contribution in [0.1, 0.15) is 12.0 Å². The molecule has 0 radical (unpaired) electrons. The molecule has 2 heterocycles. The second kappa shape index (κ2) is 9.54. The van der Waals surface area contributed by atoms with Crippen molar-refractivity contribution in [2.24, 2.45) is 0 Å². The monoisotopic (exact) mass is 408 g/mol. The minimum atomic E-state index is -0.297. The van der Waals surface area contributed by atoms with Crippen LogP contribution in [0.25, 0.3) is 0 Å². The topological polar surface area (TPSA) is 50.7 Å². The van der Waals surface area contributed by atoms with Crippen LogP contribution in [0.3, 0.4) is 0 Å². The molecule has 1 aliphatic rings. The van der Waals surface area contributed by atoms with Crippen LogP contribution >= 0.6 is 0 Å². The predicted octanol–water partition coefficient (Wildman–Crippen LogP) is 4.13. The lowest BCUT2D eigenvalue weighted by Gasteiger charge is -2.22. The maximum atomic E-state index is 13.1. The summed E-state index contributed by atoms with van der Waals surface area (Å²) < 4.78 is 24.1. The fourth-order valence-electron chi connectivity index (χ4n) is 3.48. The Morgan fingerprint density at radius 1 is 0.900 bits per heavy atom. The first-order valence-electron chi connectivity index (χ1n) is 10.1. The molecule has 2 aromatic carbocycles. The summed E-state index contributed by atoms with van der Waals surface area (Å²) in [6.45, 7) is 4.59. The zero-order valence-electron chi connectivity index (χ0n) is 17.0. The summed E-state index contributed by atoms with van der Waals surface area (Å²) in [6.07, 6.45) is 2.73. The molecule has 0 atom stereocenters. The molecule has 0 unspecified atom stereocenters. The summed E-state index contributed by atoms with van der Waals surface area (Å²) in [6, 6.07) is 15.8. The Hall–Kier alpha value is -3.19. The molecule has 1 saturated heterocycles. The van der Waals surface area contributed by atoms with E-state index in [1.165, 1.54) is 17.7 Å². The predicted molar refractivity (Wildman–Crippen MR) is 114 cm³/mol. The van der Waals surface area contributed by atoms with Gasteiger partial charge in [-0.05, 0) is 48.4 Å². The first-order chi connectivity index (χ1) is 14.7. The van der Waals surface area contributed by atoms with E-state index in [9.17, 15) is 4.39 Å². The standard InChI is InChI=1S/C23H25FN4O2/c1-29-20-7-3-18(4-8-20)17-27-13-2-14-28(16-15-27)23-25-12-11-22(26-23)30-21-9-5-19(24)6-10-21/h3-12H,2,13-17H2,1H3. The van der Waals surface area contributed by atoms with E-state index in [0.29, 0.717) is 17.6 Å². The number of anilines is 1. The van der Waals surface area contributed by atoms with Crippen LogP contribution in [0.4, 0.5) is 10.3 Å². The summed E-state index contributed by atoms with van der Waals surface area (Å²) in [5.74, 6) is 2.23. The lowest BCUT2D eigenvalue weighted by molar-refractivity contribution is 0.285. The average molecular weight is 408 g/mol. The van der Waals surface area contributed by atoms with Gasteiger partial charge in [-0.1, -0.05) is 12.1 Å². The van der Waals surface area contributed by atoms with E-state index in [0.717, 1.165) is 44.9 Å². The van der Waals surface area contributed by atoms with E-state index >= 15 is 0 Å². The van der Waals surface area contributed by atoms with E-state index < -0.39 is 0 Å². The van der Waals surface area contributed by atoms with Crippen molar-refractivity contribution in [1.29, 1.82) is 0 Å². The number of ether oxygens (including phenoxy) is 2. The van der Waals surface area contributed by atoms with Crippen LogP contribution in [-0.2, 0) is 6.54 Å². The summed E-state index contributed by atoms with van der Waals surface area (Å²) in [4.78, 5) is 13.6. The minimum absolute atomic E-state index is 0.297. The van der Waals surface area contributed by atoms with E-state index in [-0.39, 0.29) is 5.82 Å². The van der Waals surface area contributed by atoms with Crippen molar-refractivity contribution in [2.75, 3.05) is 38.2 Å². The third-order valence-electron chi connectivity index (χ3n) is 5.09. The maximum absolute atomic E-state index is 13.1. The molecule has 1 aromatic heterocycles. The largest absolute Gasteiger partial charge is 0.497 e. The van der Waals surface area contributed by atoms with Crippen LogP contribution in [0.5, 0.6) is 17.4 Å². The first kappa shape index (κ1) is 20.1. The Morgan fingerprint density at radius 2 is 1.67 bits per heavy atom. The summed E-state index contributed by atoms with van der Waals surface area (Å²) in [5, 5.41) is 0. The van der Waals surface area contributed by atoms with Gasteiger partial charge in [-0.3, -0.25) is 4.90 Å². The number of nitrogens with zero attached hydrogens (tertiary/aromatic N) is 4. The van der Waals surface area contributed by atoms with Crippen LogP contribution in [0, 0.1) is 5.82 Å². The van der Waals surface area contributed by atoms with Crippen LogP contribution in [0.15, 0.2) is 60.8 Å². The highest BCUT2D eigenvalue weighted by molar-refractivity contribution is 5.34. The van der Waals surface area contributed by atoms with Gasteiger partial charge in [0.15, 0.2) is 0 Å². The van der Waals surface area contributed by atoms with Crippen molar-refractivity contribution < 1.29 is 13.9 Å². The van der Waals surface area contributed by atoms with Gasteiger partial charge in [0.2, 0.25) is 11.8 Å². The van der Waals surface area contributed by atoms with Gasteiger partial charge < -0.3 is 14.4 Å². The number of hydrogen-bond donors (Lipinski definition) is 0. The second-order valence-corrected chi connectivity index (χ2v) is 7.22. The molecule has 3 aromatic rings. The Kier molecular flexibility index (Phi) is 6.39. The molecule has 1 aliphatic heterocycles. The molecule has 156 valence electrons. The van der Waals surface area contributed by atoms with Crippen molar-refractivity contribution in [2.45, 2.75) is 13.0 Å². The lowest BCUT2D eigenvalue weighted by Crippen LogP contribution is -2.31. The van der Waals surface area contributed by atoms with Gasteiger partial charge in [0, 0.05) is 45.0 Å². The second-order valence-electron chi connectivity index (χ2n) is 7.22. The van der Waals surface area contributed by atoms with Crippen LogP contribution < -0.4 is 14.4 Å². The molecule has 0 aliphatic carbocycles. The normalized spacial score (nSPS) is 14.9. The third kappa shape index (κ3) is 5.24. The molecular formula is C23H25FN4O2. The molecule has 4 rings (SSSR count). The summed E-state index contributed by atoms with van der Waals surface area (Å²) >= 11 is 0. The Bertz CT molecular complexity index is 950. The molecule has 0 amide bonds. The molecule has 1 fully saturated rings. The molecule has 0 spiro atoms. The van der Waals surface area contributed by atoms with E-state index in [1.54, 1.807) is 31.5 Å². The molecule has 7 heteroatoms. The van der Waals surface area contributed by atoms with Crippen molar-refractivity contribution in [3.8, 4) is 17.4 Å². The summed E-state index contributed by atoms with van der Waals surface area (Å²) in [7, 11) is 1.68. The molecule has 0 bridgehead atoms. The van der Waals surface area contributed by atoms with Crippen molar-refractivity contribution in [3.63, 3.8) is 0 Å². The van der Waals surface area contributed by atoms with Gasteiger partial charge in [-0.2, -0.15) is 4.98 Å². The van der Waals surface area contributed by atoms with Gasteiger partial charge in [-0.25, -0.2) is 9.37 Å². The molecule has 6 nitrogen and oxygen atoms in total. The molecule has 0 N–H and O–H groups in total. The fraction of sp³-hybridized carbons (Fsp3) is 0.304. The minimum Gasteiger partial charge on any atom is -0.497 e. The van der Waals surface area contributed by atoms with Crippen molar-refractivity contribution >= 4 is 5.95 Å². The number of aromatic nitrogens is 2. The average Bonchev–Trinajstić information content (AvgIpc) is 3.02. The van der Waals surface area contributed by atoms with Gasteiger partial charge in [-0.15, -0.1) is 0 Å². The first-order valence-corrected chi connectivity index (χ1v) is 10.1. The van der Waals surface area contributed by atoms with Crippen LogP contribution in [-0.4, -0.2) is 48.2 Å². The smallest absolute Gasteiger partial charge is 0.228 e. The van der Waals surface area contributed by atoms with Gasteiger partial charge in [0.25, 0.3) is 0 Å². The highest BCUT2D eigenvalue weighted by Crippen LogP contribution is 2.22. The Morgan fingerprint density at radius 3 is 2.43 bits per heavy atom. The quantitative estimate of drug-likeness (QED) is 0.611. The number of hydrogen-bond acceptors (Lipinski definition) is 6. The molecule has 0 saturated carbocycles. The Labute approximate surface area is 175 Å². The summed E-state index contributed by atoms with van der Waals surface area (Å²) in [5.41, 5.74) is 1.27. The molecular weight excluding hydrogens is 383 g/mol. The van der Waals surface area contributed by atoms with Crippen molar-refractivity contribution in [3.05, 3.63) is 72.2 Å². The number of halogens is 1. The number of rotatable bonds is 6. The van der Waals surface area contributed by atoms with Crippen LogP contribution in [0.2, 0.25) is 0 Å². The fourth-order valence-corrected chi connectivity index (χ4v) is 3.48. The highest BCUT2D eigenvalue weighted by Gasteiger charge is 2.18. The molecule has 30 heavy (non-hydrogen) atoms. The van der Waals surface area contributed by atoms with Crippen molar-refractivity contribution in [1.82, 2.24) is 14.9 Å². The van der Waals surface area contributed by atoms with Gasteiger partial charge >= 0.3 is 0 Å². The number of benzene rings is 2. The zero-order chi connectivity index (χ0) is 20.8. The lowest BCUT2D eigenvalue weighted by atomic mass is 10.2. The van der Waals surface area contributed by atoms with Gasteiger partial charge in [0.05, 0.1) is 7.11 Å². The van der Waals surface area contributed by atoms with E-state index in [4.69, 9.17) is 9.47 Å². The number of methoxy groups -OCH3 is 1. The van der Waals surface area contributed by atoms with E-state index in [1.807, 2.05) is 12.1 Å². The van der Waals surface area contributed by atoms with Gasteiger partial charge in [0.1, 0.15) is 17.3 Å². The maximum Gasteiger partial charge on any atom is 0.228 e. The zero-order valence-corrected chi connectivity index (χ0v) is 17.0. The highest BCUT2D eigenvalue weighted by atomic mass is 19.1.